The lowest BCUT2D eigenvalue weighted by atomic mass is 9.91. The first-order valence-electron chi connectivity index (χ1n) is 7.16. The molecule has 1 aliphatic rings. The maximum atomic E-state index is 6.53. The molecule has 1 aromatic carbocycles. The van der Waals surface area contributed by atoms with Crippen LogP contribution in [0.4, 0.5) is 0 Å². The van der Waals surface area contributed by atoms with Crippen molar-refractivity contribution >= 4 is 0 Å². The molecule has 2 atom stereocenters. The zero-order valence-corrected chi connectivity index (χ0v) is 11.4. The predicted molar refractivity (Wildman–Crippen MR) is 77.0 cm³/mol. The Morgan fingerprint density at radius 3 is 3.05 bits per heavy atom. The molecule has 3 nitrogen and oxygen atoms in total. The van der Waals surface area contributed by atoms with Crippen molar-refractivity contribution in [2.75, 3.05) is 0 Å². The number of fused-ring (bicyclic) bond motifs is 1. The van der Waals surface area contributed by atoms with Crippen molar-refractivity contribution < 1.29 is 0 Å². The molecule has 1 heterocycles. The second kappa shape index (κ2) is 5.17. The number of nitrogens with two attached hydrogens (primary N) is 1. The van der Waals surface area contributed by atoms with E-state index in [1.807, 2.05) is 6.20 Å². The fourth-order valence-electron chi connectivity index (χ4n) is 3.19. The third kappa shape index (κ3) is 2.19. The normalized spacial score (nSPS) is 19.4. The van der Waals surface area contributed by atoms with Gasteiger partial charge >= 0.3 is 0 Å². The quantitative estimate of drug-likeness (QED) is 0.912. The van der Waals surface area contributed by atoms with Crippen molar-refractivity contribution in [3.05, 3.63) is 53.3 Å². The maximum absolute atomic E-state index is 6.53. The van der Waals surface area contributed by atoms with Crippen molar-refractivity contribution in [3.63, 3.8) is 0 Å². The minimum atomic E-state index is 0.0534. The first-order valence-corrected chi connectivity index (χ1v) is 7.16. The summed E-state index contributed by atoms with van der Waals surface area (Å²) in [5.74, 6) is 0.434. The van der Waals surface area contributed by atoms with Gasteiger partial charge in [-0.2, -0.15) is 5.10 Å². The lowest BCUT2D eigenvalue weighted by molar-refractivity contribution is 0.483. The van der Waals surface area contributed by atoms with E-state index in [0.29, 0.717) is 5.92 Å². The Morgan fingerprint density at radius 2 is 2.21 bits per heavy atom. The smallest absolute Gasteiger partial charge is 0.0557 e. The molecule has 100 valence electrons. The number of benzene rings is 1. The van der Waals surface area contributed by atoms with Crippen LogP contribution in [0.1, 0.15) is 48.5 Å². The van der Waals surface area contributed by atoms with Gasteiger partial charge in [0.15, 0.2) is 0 Å². The van der Waals surface area contributed by atoms with Gasteiger partial charge in [0.2, 0.25) is 0 Å². The third-order valence-electron chi connectivity index (χ3n) is 4.14. The van der Waals surface area contributed by atoms with E-state index in [1.54, 1.807) is 0 Å². The van der Waals surface area contributed by atoms with Crippen molar-refractivity contribution in [2.24, 2.45) is 5.73 Å². The molecule has 2 unspecified atom stereocenters. The van der Waals surface area contributed by atoms with Crippen molar-refractivity contribution in [2.45, 2.75) is 44.7 Å². The number of nitrogens with zero attached hydrogens (tertiary/aromatic N) is 2. The van der Waals surface area contributed by atoms with Crippen LogP contribution in [0, 0.1) is 0 Å². The number of hydrogen-bond acceptors (Lipinski definition) is 2. The third-order valence-corrected chi connectivity index (χ3v) is 4.14. The van der Waals surface area contributed by atoms with Crippen molar-refractivity contribution in [1.29, 1.82) is 0 Å². The standard InChI is InChI=1S/C16H21N3/c1-2-11-19-15(9-10-18-19)16(17)14-8-7-12-5-3-4-6-13(12)14/h3-6,9-10,14,16H,2,7-8,11,17H2,1H3. The molecule has 0 bridgehead atoms. The summed E-state index contributed by atoms with van der Waals surface area (Å²) >= 11 is 0. The summed E-state index contributed by atoms with van der Waals surface area (Å²) < 4.78 is 2.06. The Hall–Kier alpha value is -1.61. The highest BCUT2D eigenvalue weighted by atomic mass is 15.3. The molecule has 0 saturated carbocycles. The van der Waals surface area contributed by atoms with Gasteiger partial charge in [-0.3, -0.25) is 4.68 Å². The molecule has 1 aliphatic carbocycles. The summed E-state index contributed by atoms with van der Waals surface area (Å²) in [4.78, 5) is 0. The molecule has 0 spiro atoms. The zero-order chi connectivity index (χ0) is 13.2. The topological polar surface area (TPSA) is 43.8 Å². The van der Waals surface area contributed by atoms with Crippen LogP contribution >= 0.6 is 0 Å². The number of rotatable bonds is 4. The second-order valence-electron chi connectivity index (χ2n) is 5.35. The first kappa shape index (κ1) is 12.4. The molecule has 0 radical (unpaired) electrons. The fraction of sp³-hybridized carbons (Fsp3) is 0.438. The largest absolute Gasteiger partial charge is 0.322 e. The summed E-state index contributed by atoms with van der Waals surface area (Å²) in [7, 11) is 0. The molecular formula is C16H21N3. The van der Waals surface area contributed by atoms with E-state index in [-0.39, 0.29) is 6.04 Å². The van der Waals surface area contributed by atoms with Crippen molar-refractivity contribution in [1.82, 2.24) is 9.78 Å². The Morgan fingerprint density at radius 1 is 1.37 bits per heavy atom. The van der Waals surface area contributed by atoms with Crippen LogP contribution in [-0.4, -0.2) is 9.78 Å². The van der Waals surface area contributed by atoms with Crippen LogP contribution in [0.2, 0.25) is 0 Å². The van der Waals surface area contributed by atoms with E-state index in [9.17, 15) is 0 Å². The Balaban J connectivity index is 1.89. The summed E-state index contributed by atoms with van der Waals surface area (Å²) in [6, 6.07) is 10.8. The molecule has 3 heteroatoms. The average molecular weight is 255 g/mol. The lowest BCUT2D eigenvalue weighted by Gasteiger charge is -2.21. The van der Waals surface area contributed by atoms with Crippen LogP contribution in [-0.2, 0) is 13.0 Å². The van der Waals surface area contributed by atoms with Gasteiger partial charge < -0.3 is 5.73 Å². The number of hydrogen-bond donors (Lipinski definition) is 1. The predicted octanol–water partition coefficient (Wildman–Crippen LogP) is 3.02. The Labute approximate surface area is 114 Å². The van der Waals surface area contributed by atoms with Crippen LogP contribution in [0.5, 0.6) is 0 Å². The van der Waals surface area contributed by atoms with E-state index in [4.69, 9.17) is 5.73 Å². The van der Waals surface area contributed by atoms with Gasteiger partial charge in [-0.15, -0.1) is 0 Å². The van der Waals surface area contributed by atoms with Gasteiger partial charge in [0.25, 0.3) is 0 Å². The minimum absolute atomic E-state index is 0.0534. The molecule has 0 saturated heterocycles. The van der Waals surface area contributed by atoms with E-state index < -0.39 is 0 Å². The molecule has 1 aromatic heterocycles. The Kier molecular flexibility index (Phi) is 3.38. The molecule has 0 fully saturated rings. The number of aryl methyl sites for hydroxylation is 2. The molecule has 2 aromatic rings. The van der Waals surface area contributed by atoms with Crippen LogP contribution in [0.15, 0.2) is 36.5 Å². The molecule has 2 N–H and O–H groups in total. The van der Waals surface area contributed by atoms with Crippen LogP contribution < -0.4 is 5.73 Å². The van der Waals surface area contributed by atoms with E-state index in [1.165, 1.54) is 16.8 Å². The van der Waals surface area contributed by atoms with E-state index in [2.05, 4.69) is 47.0 Å². The van der Waals surface area contributed by atoms with Gasteiger partial charge in [0.05, 0.1) is 11.7 Å². The lowest BCUT2D eigenvalue weighted by Crippen LogP contribution is -2.22. The summed E-state index contributed by atoms with van der Waals surface area (Å²) in [6.07, 6.45) is 5.25. The highest BCUT2D eigenvalue weighted by Crippen LogP contribution is 2.40. The minimum Gasteiger partial charge on any atom is -0.322 e. The van der Waals surface area contributed by atoms with Crippen molar-refractivity contribution in [3.8, 4) is 0 Å². The van der Waals surface area contributed by atoms with Gasteiger partial charge in [-0.05, 0) is 36.5 Å². The average Bonchev–Trinajstić information content (AvgIpc) is 3.04. The molecule has 0 amide bonds. The fourth-order valence-corrected chi connectivity index (χ4v) is 3.19. The Bertz CT molecular complexity index is 559. The van der Waals surface area contributed by atoms with E-state index >= 15 is 0 Å². The highest BCUT2D eigenvalue weighted by Gasteiger charge is 2.29. The maximum Gasteiger partial charge on any atom is 0.0557 e. The first-order chi connectivity index (χ1) is 9.31. The zero-order valence-electron chi connectivity index (χ0n) is 11.4. The second-order valence-corrected chi connectivity index (χ2v) is 5.35. The monoisotopic (exact) mass is 255 g/mol. The van der Waals surface area contributed by atoms with E-state index in [0.717, 1.165) is 25.8 Å². The van der Waals surface area contributed by atoms with Gasteiger partial charge in [0, 0.05) is 18.7 Å². The molecule has 3 rings (SSSR count). The highest BCUT2D eigenvalue weighted by molar-refractivity contribution is 5.37. The summed E-state index contributed by atoms with van der Waals surface area (Å²) in [5.41, 5.74) is 10.6. The van der Waals surface area contributed by atoms with Gasteiger partial charge in [0.1, 0.15) is 0 Å². The van der Waals surface area contributed by atoms with Crippen LogP contribution in [0.25, 0.3) is 0 Å². The SMILES string of the molecule is CCCn1nccc1C(N)C1CCc2ccccc21. The summed E-state index contributed by atoms with van der Waals surface area (Å²) in [5, 5.41) is 4.39. The number of aromatic nitrogens is 2. The van der Waals surface area contributed by atoms with Gasteiger partial charge in [-0.1, -0.05) is 31.2 Å². The molecule has 0 aliphatic heterocycles. The molecular weight excluding hydrogens is 234 g/mol. The molecule has 19 heavy (non-hydrogen) atoms. The summed E-state index contributed by atoms with van der Waals surface area (Å²) in [6.45, 7) is 3.12. The van der Waals surface area contributed by atoms with Gasteiger partial charge in [-0.25, -0.2) is 0 Å². The van der Waals surface area contributed by atoms with Crippen LogP contribution in [0.3, 0.4) is 0 Å².